The number of hydrogen-bond acceptors (Lipinski definition) is 5. The van der Waals surface area contributed by atoms with E-state index in [4.69, 9.17) is 9.47 Å². The van der Waals surface area contributed by atoms with E-state index in [1.54, 1.807) is 0 Å². The van der Waals surface area contributed by atoms with Crippen LogP contribution in [0, 0.1) is 13.8 Å². The molecule has 1 N–H and O–H groups in total. The fourth-order valence-corrected chi connectivity index (χ4v) is 4.51. The predicted molar refractivity (Wildman–Crippen MR) is 110 cm³/mol. The van der Waals surface area contributed by atoms with Crippen LogP contribution in [0.3, 0.4) is 0 Å². The van der Waals surface area contributed by atoms with Gasteiger partial charge in [-0.05, 0) is 49.7 Å². The van der Waals surface area contributed by atoms with Crippen molar-refractivity contribution in [1.82, 2.24) is 9.62 Å². The first kappa shape index (κ1) is 21.3. The smallest absolute Gasteiger partial charge is 0.251 e. The number of carbonyl (C=O) groups excluding carboxylic acids is 1. The van der Waals surface area contributed by atoms with Crippen molar-refractivity contribution in [3.8, 4) is 5.75 Å². The normalized spacial score (nSPS) is 15.1. The van der Waals surface area contributed by atoms with E-state index in [-0.39, 0.29) is 10.8 Å². The summed E-state index contributed by atoms with van der Waals surface area (Å²) in [6, 6.07) is 11.9. The van der Waals surface area contributed by atoms with E-state index in [0.717, 1.165) is 11.3 Å². The van der Waals surface area contributed by atoms with Crippen molar-refractivity contribution in [2.75, 3.05) is 39.5 Å². The third kappa shape index (κ3) is 5.35. The average molecular weight is 419 g/mol. The molecule has 3 rings (SSSR count). The third-order valence-corrected chi connectivity index (χ3v) is 6.61. The molecular weight excluding hydrogens is 392 g/mol. The van der Waals surface area contributed by atoms with E-state index in [0.29, 0.717) is 45.0 Å². The van der Waals surface area contributed by atoms with Crippen LogP contribution in [0.1, 0.15) is 21.5 Å². The molecule has 2 aromatic rings. The first-order valence-electron chi connectivity index (χ1n) is 9.54. The van der Waals surface area contributed by atoms with Gasteiger partial charge in [0.25, 0.3) is 5.91 Å². The standard InChI is InChI=1S/C21H26N2O5S/c1-16-3-8-20(17(2)15-16)28-12-9-22-21(24)18-4-6-19(7-5-18)29(25,26)23-10-13-27-14-11-23/h3-8,15H,9-14H2,1-2H3,(H,22,24). The number of carbonyl (C=O) groups is 1. The number of sulfonamides is 1. The van der Waals surface area contributed by atoms with Crippen LogP contribution < -0.4 is 10.1 Å². The van der Waals surface area contributed by atoms with Crippen molar-refractivity contribution >= 4 is 15.9 Å². The molecule has 1 heterocycles. The summed E-state index contributed by atoms with van der Waals surface area (Å²) in [5, 5.41) is 2.78. The SMILES string of the molecule is Cc1ccc(OCCNC(=O)c2ccc(S(=O)(=O)N3CCOCC3)cc2)c(C)c1. The van der Waals surface area contributed by atoms with Crippen molar-refractivity contribution in [3.05, 3.63) is 59.2 Å². The topological polar surface area (TPSA) is 84.9 Å². The number of morpholine rings is 1. The lowest BCUT2D eigenvalue weighted by Gasteiger charge is -2.26. The molecule has 0 aliphatic carbocycles. The number of benzene rings is 2. The molecule has 0 saturated carbocycles. The summed E-state index contributed by atoms with van der Waals surface area (Å²) in [5.74, 6) is 0.520. The van der Waals surface area contributed by atoms with Gasteiger partial charge in [0.15, 0.2) is 0 Å². The minimum absolute atomic E-state index is 0.175. The van der Waals surface area contributed by atoms with Crippen LogP contribution in [0.2, 0.25) is 0 Å². The van der Waals surface area contributed by atoms with Gasteiger partial charge in [-0.25, -0.2) is 8.42 Å². The van der Waals surface area contributed by atoms with Gasteiger partial charge < -0.3 is 14.8 Å². The van der Waals surface area contributed by atoms with Crippen molar-refractivity contribution in [2.45, 2.75) is 18.7 Å². The van der Waals surface area contributed by atoms with Gasteiger partial charge in [-0.15, -0.1) is 0 Å². The highest BCUT2D eigenvalue weighted by Crippen LogP contribution is 2.19. The molecule has 0 unspecified atom stereocenters. The second-order valence-electron chi connectivity index (χ2n) is 6.91. The summed E-state index contributed by atoms with van der Waals surface area (Å²) >= 11 is 0. The minimum atomic E-state index is -3.56. The lowest BCUT2D eigenvalue weighted by atomic mass is 10.1. The zero-order valence-corrected chi connectivity index (χ0v) is 17.5. The van der Waals surface area contributed by atoms with Crippen LogP contribution in [0.25, 0.3) is 0 Å². The van der Waals surface area contributed by atoms with Gasteiger partial charge in [-0.3, -0.25) is 4.79 Å². The summed E-state index contributed by atoms with van der Waals surface area (Å²) in [6.07, 6.45) is 0. The van der Waals surface area contributed by atoms with Crippen LogP contribution >= 0.6 is 0 Å². The molecule has 0 atom stereocenters. The van der Waals surface area contributed by atoms with Crippen LogP contribution in [-0.4, -0.2) is 58.1 Å². The maximum Gasteiger partial charge on any atom is 0.251 e. The van der Waals surface area contributed by atoms with Crippen molar-refractivity contribution in [3.63, 3.8) is 0 Å². The number of aryl methyl sites for hydroxylation is 2. The summed E-state index contributed by atoms with van der Waals surface area (Å²) in [4.78, 5) is 12.5. The van der Waals surface area contributed by atoms with Crippen LogP contribution in [0.15, 0.2) is 47.4 Å². The molecular formula is C21H26N2O5S. The van der Waals surface area contributed by atoms with Gasteiger partial charge in [-0.2, -0.15) is 4.31 Å². The Labute approximate surface area is 171 Å². The molecule has 1 aliphatic heterocycles. The van der Waals surface area contributed by atoms with Gasteiger partial charge in [0, 0.05) is 18.7 Å². The highest BCUT2D eigenvalue weighted by atomic mass is 32.2. The first-order valence-corrected chi connectivity index (χ1v) is 11.0. The van der Waals surface area contributed by atoms with E-state index in [1.807, 2.05) is 32.0 Å². The number of ether oxygens (including phenoxy) is 2. The summed E-state index contributed by atoms with van der Waals surface area (Å²) in [7, 11) is -3.56. The van der Waals surface area contributed by atoms with Crippen molar-refractivity contribution in [2.24, 2.45) is 0 Å². The predicted octanol–water partition coefficient (Wildman–Crippen LogP) is 2.13. The molecule has 0 bridgehead atoms. The summed E-state index contributed by atoms with van der Waals surface area (Å²) in [5.41, 5.74) is 2.62. The first-order chi connectivity index (χ1) is 13.9. The molecule has 0 aromatic heterocycles. The van der Waals surface area contributed by atoms with E-state index < -0.39 is 10.0 Å². The molecule has 0 radical (unpaired) electrons. The maximum absolute atomic E-state index is 12.6. The zero-order valence-electron chi connectivity index (χ0n) is 16.7. The van der Waals surface area contributed by atoms with Gasteiger partial charge in [0.1, 0.15) is 12.4 Å². The highest BCUT2D eigenvalue weighted by Gasteiger charge is 2.26. The monoisotopic (exact) mass is 418 g/mol. The van der Waals surface area contributed by atoms with Gasteiger partial charge in [-0.1, -0.05) is 17.7 Å². The highest BCUT2D eigenvalue weighted by molar-refractivity contribution is 7.89. The molecule has 1 saturated heterocycles. The van der Waals surface area contributed by atoms with Gasteiger partial charge in [0.2, 0.25) is 10.0 Å². The molecule has 1 fully saturated rings. The van der Waals surface area contributed by atoms with Crippen molar-refractivity contribution in [1.29, 1.82) is 0 Å². The van der Waals surface area contributed by atoms with E-state index >= 15 is 0 Å². The lowest BCUT2D eigenvalue weighted by Crippen LogP contribution is -2.40. The fraction of sp³-hybridized carbons (Fsp3) is 0.381. The Morgan fingerprint density at radius 3 is 2.45 bits per heavy atom. The second kappa shape index (κ2) is 9.39. The molecule has 8 heteroatoms. The zero-order chi connectivity index (χ0) is 20.9. The number of nitrogens with zero attached hydrogens (tertiary/aromatic N) is 1. The fourth-order valence-electron chi connectivity index (χ4n) is 3.10. The van der Waals surface area contributed by atoms with E-state index in [2.05, 4.69) is 5.32 Å². The lowest BCUT2D eigenvalue weighted by molar-refractivity contribution is 0.0730. The number of hydrogen-bond donors (Lipinski definition) is 1. The molecule has 29 heavy (non-hydrogen) atoms. The molecule has 0 spiro atoms. The Hall–Kier alpha value is -2.42. The number of rotatable bonds is 7. The molecule has 1 aliphatic rings. The Bertz CT molecular complexity index is 952. The second-order valence-corrected chi connectivity index (χ2v) is 8.85. The summed E-state index contributed by atoms with van der Waals surface area (Å²) < 4.78 is 37.5. The number of amides is 1. The molecule has 1 amide bonds. The largest absolute Gasteiger partial charge is 0.491 e. The van der Waals surface area contributed by atoms with Gasteiger partial charge >= 0.3 is 0 Å². The quantitative estimate of drug-likeness (QED) is 0.697. The molecule has 2 aromatic carbocycles. The minimum Gasteiger partial charge on any atom is -0.491 e. The van der Waals surface area contributed by atoms with E-state index in [9.17, 15) is 13.2 Å². The Morgan fingerprint density at radius 2 is 1.79 bits per heavy atom. The van der Waals surface area contributed by atoms with Crippen LogP contribution in [0.4, 0.5) is 0 Å². The Morgan fingerprint density at radius 1 is 1.10 bits per heavy atom. The van der Waals surface area contributed by atoms with E-state index in [1.165, 1.54) is 34.1 Å². The van der Waals surface area contributed by atoms with Crippen LogP contribution in [0.5, 0.6) is 5.75 Å². The summed E-state index contributed by atoms with van der Waals surface area (Å²) in [6.45, 7) is 6.16. The van der Waals surface area contributed by atoms with Gasteiger partial charge in [0.05, 0.1) is 24.7 Å². The number of nitrogens with one attached hydrogen (secondary N) is 1. The molecule has 7 nitrogen and oxygen atoms in total. The average Bonchev–Trinajstić information content (AvgIpc) is 2.73. The Balaban J connectivity index is 1.52. The third-order valence-electron chi connectivity index (χ3n) is 4.70. The Kier molecular flexibility index (Phi) is 6.89. The molecule has 156 valence electrons. The van der Waals surface area contributed by atoms with Crippen molar-refractivity contribution < 1.29 is 22.7 Å². The van der Waals surface area contributed by atoms with Crippen LogP contribution in [-0.2, 0) is 14.8 Å². The maximum atomic E-state index is 12.6.